The van der Waals surface area contributed by atoms with E-state index in [1.807, 2.05) is 16.8 Å². The third kappa shape index (κ3) is 4.86. The molecule has 0 saturated carbocycles. The van der Waals surface area contributed by atoms with Gasteiger partial charge in [-0.25, -0.2) is 4.98 Å². The Bertz CT molecular complexity index is 678. The zero-order valence-corrected chi connectivity index (χ0v) is 14.8. The number of thiazole rings is 1. The third-order valence-corrected chi connectivity index (χ3v) is 5.57. The van der Waals surface area contributed by atoms with Gasteiger partial charge in [0.25, 0.3) is 5.91 Å². The molecule has 0 spiro atoms. The molecule has 1 atom stereocenters. The number of hydrogen-bond donors (Lipinski definition) is 3. The second-order valence-electron chi connectivity index (χ2n) is 5.75. The van der Waals surface area contributed by atoms with Gasteiger partial charge < -0.3 is 10.6 Å². The SMILES string of the molecule is O=C(Cc1csc(NC(=O)c2cccs2)n1)NCCC1CCNC1. The van der Waals surface area contributed by atoms with Gasteiger partial charge in [-0.05, 0) is 43.3 Å². The van der Waals surface area contributed by atoms with E-state index >= 15 is 0 Å². The summed E-state index contributed by atoms with van der Waals surface area (Å²) < 4.78 is 0. The Morgan fingerprint density at radius 1 is 1.38 bits per heavy atom. The van der Waals surface area contributed by atoms with Gasteiger partial charge in [0.1, 0.15) is 0 Å². The molecular formula is C16H20N4O2S2. The molecule has 2 amide bonds. The van der Waals surface area contributed by atoms with E-state index in [9.17, 15) is 9.59 Å². The van der Waals surface area contributed by atoms with Crippen molar-refractivity contribution in [1.82, 2.24) is 15.6 Å². The van der Waals surface area contributed by atoms with Crippen LogP contribution in [-0.2, 0) is 11.2 Å². The fourth-order valence-corrected chi connectivity index (χ4v) is 3.94. The lowest BCUT2D eigenvalue weighted by atomic mass is 10.1. The molecule has 3 N–H and O–H groups in total. The minimum absolute atomic E-state index is 0.0256. The summed E-state index contributed by atoms with van der Waals surface area (Å²) in [6.45, 7) is 2.84. The van der Waals surface area contributed by atoms with Crippen LogP contribution in [0.1, 0.15) is 28.2 Å². The average Bonchev–Trinajstić information content (AvgIpc) is 3.30. The summed E-state index contributed by atoms with van der Waals surface area (Å²) in [6.07, 6.45) is 2.45. The predicted octanol–water partition coefficient (Wildman–Crippen LogP) is 2.12. The summed E-state index contributed by atoms with van der Waals surface area (Å²) in [7, 11) is 0. The van der Waals surface area contributed by atoms with Crippen molar-refractivity contribution in [2.24, 2.45) is 5.92 Å². The number of carbonyl (C=O) groups is 2. The highest BCUT2D eigenvalue weighted by atomic mass is 32.1. The van der Waals surface area contributed by atoms with Crippen LogP contribution >= 0.6 is 22.7 Å². The topological polar surface area (TPSA) is 83.1 Å². The highest BCUT2D eigenvalue weighted by Gasteiger charge is 2.15. The van der Waals surface area contributed by atoms with Gasteiger partial charge in [-0.1, -0.05) is 6.07 Å². The zero-order chi connectivity index (χ0) is 16.8. The standard InChI is InChI=1S/C16H20N4O2S2/c21-14(18-6-4-11-3-5-17-9-11)8-12-10-24-16(19-12)20-15(22)13-2-1-7-23-13/h1-2,7,10-11,17H,3-6,8-9H2,(H,18,21)(H,19,20,22). The Balaban J connectivity index is 1.41. The van der Waals surface area contributed by atoms with E-state index in [0.29, 0.717) is 28.2 Å². The van der Waals surface area contributed by atoms with Crippen LogP contribution in [-0.4, -0.2) is 36.4 Å². The molecule has 6 nitrogen and oxygen atoms in total. The number of anilines is 1. The van der Waals surface area contributed by atoms with Gasteiger partial charge in [0.2, 0.25) is 5.91 Å². The molecule has 3 heterocycles. The summed E-state index contributed by atoms with van der Waals surface area (Å²) in [5, 5.41) is 13.2. The molecule has 8 heteroatoms. The van der Waals surface area contributed by atoms with Gasteiger partial charge in [0.15, 0.2) is 5.13 Å². The van der Waals surface area contributed by atoms with E-state index < -0.39 is 0 Å². The third-order valence-electron chi connectivity index (χ3n) is 3.90. The minimum Gasteiger partial charge on any atom is -0.356 e. The molecular weight excluding hydrogens is 344 g/mol. The fourth-order valence-electron chi connectivity index (χ4n) is 2.62. The molecule has 24 heavy (non-hydrogen) atoms. The number of nitrogens with one attached hydrogen (secondary N) is 3. The van der Waals surface area contributed by atoms with Crippen LogP contribution in [0.3, 0.4) is 0 Å². The van der Waals surface area contributed by atoms with Crippen molar-refractivity contribution in [3.05, 3.63) is 33.5 Å². The van der Waals surface area contributed by atoms with Crippen LogP contribution in [0.4, 0.5) is 5.13 Å². The van der Waals surface area contributed by atoms with E-state index in [2.05, 4.69) is 20.9 Å². The van der Waals surface area contributed by atoms with Crippen molar-refractivity contribution in [1.29, 1.82) is 0 Å². The highest BCUT2D eigenvalue weighted by Crippen LogP contribution is 2.18. The second kappa shape index (κ2) is 8.36. The van der Waals surface area contributed by atoms with Gasteiger partial charge >= 0.3 is 0 Å². The van der Waals surface area contributed by atoms with Crippen LogP contribution in [0.15, 0.2) is 22.9 Å². The van der Waals surface area contributed by atoms with Crippen molar-refractivity contribution in [3.8, 4) is 0 Å². The Morgan fingerprint density at radius 2 is 2.29 bits per heavy atom. The second-order valence-corrected chi connectivity index (χ2v) is 7.56. The summed E-state index contributed by atoms with van der Waals surface area (Å²) in [5.74, 6) is 0.478. The Kier molecular flexibility index (Phi) is 5.95. The molecule has 0 bridgehead atoms. The highest BCUT2D eigenvalue weighted by molar-refractivity contribution is 7.14. The zero-order valence-electron chi connectivity index (χ0n) is 13.2. The van der Waals surface area contributed by atoms with Crippen LogP contribution in [0.25, 0.3) is 0 Å². The summed E-state index contributed by atoms with van der Waals surface area (Å²) in [6, 6.07) is 3.60. The number of nitrogens with zero attached hydrogens (tertiary/aromatic N) is 1. The quantitative estimate of drug-likeness (QED) is 0.703. The first-order valence-corrected chi connectivity index (χ1v) is 9.73. The van der Waals surface area contributed by atoms with Crippen LogP contribution in [0, 0.1) is 5.92 Å². The van der Waals surface area contributed by atoms with Crippen molar-refractivity contribution in [2.75, 3.05) is 25.0 Å². The van der Waals surface area contributed by atoms with Crippen LogP contribution in [0.5, 0.6) is 0 Å². The molecule has 2 aromatic rings. The van der Waals surface area contributed by atoms with E-state index in [1.165, 1.54) is 29.1 Å². The molecule has 1 aliphatic rings. The Morgan fingerprint density at radius 3 is 3.04 bits per heavy atom. The summed E-state index contributed by atoms with van der Waals surface area (Å²) in [4.78, 5) is 28.9. The lowest BCUT2D eigenvalue weighted by Gasteiger charge is -2.08. The van der Waals surface area contributed by atoms with Crippen molar-refractivity contribution in [2.45, 2.75) is 19.3 Å². The van der Waals surface area contributed by atoms with E-state index in [-0.39, 0.29) is 18.2 Å². The number of thiophene rings is 1. The summed E-state index contributed by atoms with van der Waals surface area (Å²) in [5.41, 5.74) is 0.682. The fraction of sp³-hybridized carbons (Fsp3) is 0.438. The number of hydrogen-bond acceptors (Lipinski definition) is 6. The van der Waals surface area contributed by atoms with Crippen molar-refractivity contribution >= 4 is 39.6 Å². The van der Waals surface area contributed by atoms with E-state index in [0.717, 1.165) is 19.5 Å². The van der Waals surface area contributed by atoms with Gasteiger partial charge in [-0.15, -0.1) is 22.7 Å². The predicted molar refractivity (Wildman–Crippen MR) is 96.7 cm³/mol. The molecule has 1 fully saturated rings. The van der Waals surface area contributed by atoms with E-state index in [4.69, 9.17) is 0 Å². The molecule has 1 aliphatic heterocycles. The first-order valence-electron chi connectivity index (χ1n) is 7.97. The monoisotopic (exact) mass is 364 g/mol. The van der Waals surface area contributed by atoms with Crippen LogP contribution in [0.2, 0.25) is 0 Å². The van der Waals surface area contributed by atoms with Gasteiger partial charge in [0.05, 0.1) is 17.0 Å². The summed E-state index contributed by atoms with van der Waals surface area (Å²) >= 11 is 2.72. The Hall–Kier alpha value is -1.77. The van der Waals surface area contributed by atoms with Crippen LogP contribution < -0.4 is 16.0 Å². The number of rotatable bonds is 7. The number of carbonyl (C=O) groups excluding carboxylic acids is 2. The molecule has 3 rings (SSSR count). The first kappa shape index (κ1) is 17.1. The lowest BCUT2D eigenvalue weighted by molar-refractivity contribution is -0.120. The van der Waals surface area contributed by atoms with E-state index in [1.54, 1.807) is 6.07 Å². The number of amides is 2. The molecule has 128 valence electrons. The molecule has 0 radical (unpaired) electrons. The Labute approximate surface area is 148 Å². The lowest BCUT2D eigenvalue weighted by Crippen LogP contribution is -2.27. The molecule has 2 aromatic heterocycles. The smallest absolute Gasteiger partial charge is 0.267 e. The van der Waals surface area contributed by atoms with Gasteiger partial charge in [0, 0.05) is 11.9 Å². The maximum Gasteiger partial charge on any atom is 0.267 e. The van der Waals surface area contributed by atoms with Gasteiger partial charge in [-0.2, -0.15) is 0 Å². The maximum atomic E-state index is 12.0. The molecule has 1 saturated heterocycles. The minimum atomic E-state index is -0.166. The average molecular weight is 364 g/mol. The molecule has 1 unspecified atom stereocenters. The normalized spacial score (nSPS) is 16.9. The van der Waals surface area contributed by atoms with Gasteiger partial charge in [-0.3, -0.25) is 14.9 Å². The van der Waals surface area contributed by atoms with Crippen molar-refractivity contribution < 1.29 is 9.59 Å². The first-order chi connectivity index (χ1) is 11.7. The van der Waals surface area contributed by atoms with Crippen molar-refractivity contribution in [3.63, 3.8) is 0 Å². The molecule has 0 aliphatic carbocycles. The maximum absolute atomic E-state index is 12.0. The largest absolute Gasteiger partial charge is 0.356 e. The number of aromatic nitrogens is 1. The molecule has 0 aromatic carbocycles.